The molecule has 2 fully saturated rings. The van der Waals surface area contributed by atoms with Crippen molar-refractivity contribution in [3.8, 4) is 0 Å². The summed E-state index contributed by atoms with van der Waals surface area (Å²) >= 11 is 0. The van der Waals surface area contributed by atoms with Crippen molar-refractivity contribution in [3.05, 3.63) is 0 Å². The van der Waals surface area contributed by atoms with E-state index in [1.54, 1.807) is 0 Å². The molecule has 0 aliphatic heterocycles. The molecule has 17 heavy (non-hydrogen) atoms. The van der Waals surface area contributed by atoms with Gasteiger partial charge >= 0.3 is 0 Å². The monoisotopic (exact) mass is 234 g/mol. The molecule has 2 atom stereocenters. The number of rotatable bonds is 2. The number of H-pyrrole nitrogens is 1. The average Bonchev–Trinajstić information content (AvgIpc) is 2.91. The molecule has 0 amide bonds. The summed E-state index contributed by atoms with van der Waals surface area (Å²) in [6.07, 6.45) is 3.65. The van der Waals surface area contributed by atoms with Crippen LogP contribution in [0.1, 0.15) is 40.0 Å². The van der Waals surface area contributed by atoms with E-state index >= 15 is 0 Å². The van der Waals surface area contributed by atoms with E-state index in [1.165, 1.54) is 18.6 Å². The standard InChI is InChI=1S/C11H18N6/c1-10(2)7-4-5-11(10,3)8(6-7)12-13-9-14-16-17-15-9/h7H,4-6H2,1-3H3,(H2,13,14,15,16,17)/b12-8+/t7-,11+/m0/s1. The van der Waals surface area contributed by atoms with Gasteiger partial charge in [-0.25, -0.2) is 5.43 Å². The highest BCUT2D eigenvalue weighted by Crippen LogP contribution is 2.63. The molecule has 6 heteroatoms. The Hall–Kier alpha value is -1.46. The Morgan fingerprint density at radius 2 is 2.24 bits per heavy atom. The summed E-state index contributed by atoms with van der Waals surface area (Å²) in [6.45, 7) is 7.06. The van der Waals surface area contributed by atoms with E-state index < -0.39 is 0 Å². The van der Waals surface area contributed by atoms with Crippen LogP contribution >= 0.6 is 0 Å². The molecule has 0 radical (unpaired) electrons. The minimum atomic E-state index is 0.217. The molecule has 1 heterocycles. The number of anilines is 1. The smallest absolute Gasteiger partial charge is 0.243 e. The van der Waals surface area contributed by atoms with Crippen molar-refractivity contribution in [1.82, 2.24) is 20.6 Å². The highest BCUT2D eigenvalue weighted by atomic mass is 15.5. The Labute approximate surface area is 100 Å². The molecule has 0 spiro atoms. The lowest BCUT2D eigenvalue weighted by atomic mass is 9.70. The second-order valence-corrected chi connectivity index (χ2v) is 5.90. The number of fused-ring (bicyclic) bond motifs is 2. The quantitative estimate of drug-likeness (QED) is 0.765. The fourth-order valence-electron chi connectivity index (χ4n) is 3.42. The molecule has 2 saturated carbocycles. The van der Waals surface area contributed by atoms with E-state index in [-0.39, 0.29) is 5.41 Å². The van der Waals surface area contributed by atoms with Crippen LogP contribution in [0.25, 0.3) is 0 Å². The molecule has 2 aliphatic rings. The van der Waals surface area contributed by atoms with Crippen LogP contribution in [0.4, 0.5) is 5.95 Å². The molecule has 92 valence electrons. The van der Waals surface area contributed by atoms with Crippen molar-refractivity contribution in [1.29, 1.82) is 0 Å². The fourth-order valence-corrected chi connectivity index (χ4v) is 3.42. The van der Waals surface area contributed by atoms with Crippen LogP contribution in [0.15, 0.2) is 5.10 Å². The maximum absolute atomic E-state index is 4.50. The minimum Gasteiger partial charge on any atom is -0.243 e. The van der Waals surface area contributed by atoms with Gasteiger partial charge in [0.15, 0.2) is 0 Å². The van der Waals surface area contributed by atoms with Crippen LogP contribution in [0.5, 0.6) is 0 Å². The Balaban J connectivity index is 1.84. The third-order valence-electron chi connectivity index (χ3n) is 5.15. The molecule has 3 rings (SSSR count). The lowest BCUT2D eigenvalue weighted by Crippen LogP contribution is -2.32. The van der Waals surface area contributed by atoms with Crippen LogP contribution in [-0.2, 0) is 0 Å². The molecule has 2 N–H and O–H groups in total. The number of nitrogens with one attached hydrogen (secondary N) is 2. The van der Waals surface area contributed by atoms with E-state index in [9.17, 15) is 0 Å². The Kier molecular flexibility index (Phi) is 2.06. The highest BCUT2D eigenvalue weighted by Gasteiger charge is 2.59. The van der Waals surface area contributed by atoms with Crippen LogP contribution in [0.3, 0.4) is 0 Å². The van der Waals surface area contributed by atoms with Crippen LogP contribution < -0.4 is 5.43 Å². The molecular weight excluding hydrogens is 216 g/mol. The second kappa shape index (κ2) is 3.27. The molecule has 0 saturated heterocycles. The third-order valence-corrected chi connectivity index (χ3v) is 5.15. The van der Waals surface area contributed by atoms with Gasteiger partial charge in [-0.1, -0.05) is 25.9 Å². The summed E-state index contributed by atoms with van der Waals surface area (Å²) in [5.74, 6) is 1.19. The largest absolute Gasteiger partial charge is 0.283 e. The molecule has 6 nitrogen and oxygen atoms in total. The molecule has 1 aromatic rings. The van der Waals surface area contributed by atoms with Gasteiger partial charge < -0.3 is 0 Å². The number of hydrogen-bond donors (Lipinski definition) is 2. The van der Waals surface area contributed by atoms with Gasteiger partial charge in [0.1, 0.15) is 0 Å². The predicted octanol–water partition coefficient (Wildman–Crippen LogP) is 1.81. The van der Waals surface area contributed by atoms with Gasteiger partial charge in [-0.2, -0.15) is 10.3 Å². The Morgan fingerprint density at radius 1 is 1.41 bits per heavy atom. The third kappa shape index (κ3) is 1.33. The van der Waals surface area contributed by atoms with Gasteiger partial charge in [0, 0.05) is 11.1 Å². The van der Waals surface area contributed by atoms with Gasteiger partial charge in [0.2, 0.25) is 0 Å². The number of hydrazone groups is 1. The van der Waals surface area contributed by atoms with Crippen molar-refractivity contribution in [3.63, 3.8) is 0 Å². The maximum Gasteiger partial charge on any atom is 0.283 e. The van der Waals surface area contributed by atoms with Crippen molar-refractivity contribution in [2.75, 3.05) is 5.43 Å². The predicted molar refractivity (Wildman–Crippen MR) is 64.5 cm³/mol. The summed E-state index contributed by atoms with van der Waals surface area (Å²) in [6, 6.07) is 0. The van der Waals surface area contributed by atoms with Gasteiger partial charge in [-0.15, -0.1) is 5.10 Å². The Bertz CT molecular complexity index is 449. The first-order chi connectivity index (χ1) is 8.04. The van der Waals surface area contributed by atoms with Crippen LogP contribution in [0, 0.1) is 16.7 Å². The van der Waals surface area contributed by atoms with Crippen molar-refractivity contribution in [2.45, 2.75) is 40.0 Å². The molecule has 1 aromatic heterocycles. The van der Waals surface area contributed by atoms with Gasteiger partial charge in [0.05, 0.1) is 0 Å². The maximum atomic E-state index is 4.50. The van der Waals surface area contributed by atoms with E-state index in [0.29, 0.717) is 11.4 Å². The van der Waals surface area contributed by atoms with E-state index in [1.807, 2.05) is 0 Å². The van der Waals surface area contributed by atoms with Gasteiger partial charge in [-0.3, -0.25) is 0 Å². The Morgan fingerprint density at radius 3 is 2.76 bits per heavy atom. The number of nitrogens with zero attached hydrogens (tertiary/aromatic N) is 4. The average molecular weight is 234 g/mol. The second-order valence-electron chi connectivity index (χ2n) is 5.90. The number of aromatic amines is 1. The summed E-state index contributed by atoms with van der Waals surface area (Å²) in [5.41, 5.74) is 4.71. The van der Waals surface area contributed by atoms with Crippen LogP contribution in [0.2, 0.25) is 0 Å². The summed E-state index contributed by atoms with van der Waals surface area (Å²) in [5, 5.41) is 18.1. The lowest BCUT2D eigenvalue weighted by Gasteiger charge is -2.34. The van der Waals surface area contributed by atoms with Crippen LogP contribution in [-0.4, -0.2) is 26.3 Å². The van der Waals surface area contributed by atoms with Gasteiger partial charge in [-0.05, 0) is 35.8 Å². The van der Waals surface area contributed by atoms with Gasteiger partial charge in [0.25, 0.3) is 5.95 Å². The van der Waals surface area contributed by atoms with E-state index in [2.05, 4.69) is 51.9 Å². The molecular formula is C11H18N6. The normalized spacial score (nSPS) is 36.6. The number of tetrazole rings is 1. The van der Waals surface area contributed by atoms with Crippen molar-refractivity contribution >= 4 is 11.7 Å². The fraction of sp³-hybridized carbons (Fsp3) is 0.818. The van der Waals surface area contributed by atoms with Crippen molar-refractivity contribution in [2.24, 2.45) is 21.8 Å². The molecule has 0 aromatic carbocycles. The van der Waals surface area contributed by atoms with E-state index in [4.69, 9.17) is 0 Å². The first-order valence-electron chi connectivity index (χ1n) is 6.10. The number of aromatic nitrogens is 4. The lowest BCUT2D eigenvalue weighted by molar-refractivity contribution is 0.194. The SMILES string of the molecule is CC1(C)[C@H]2CC[C@]1(C)/C(=N/Nc1nn[nH]n1)C2. The molecule has 2 bridgehead atoms. The number of hydrogen-bond acceptors (Lipinski definition) is 5. The zero-order valence-electron chi connectivity index (χ0n) is 10.5. The molecule has 2 aliphatic carbocycles. The molecule has 0 unspecified atom stereocenters. The highest BCUT2D eigenvalue weighted by molar-refractivity contribution is 5.94. The topological polar surface area (TPSA) is 78.9 Å². The first kappa shape index (κ1) is 10.7. The zero-order chi connectivity index (χ0) is 12.1. The van der Waals surface area contributed by atoms with Crippen molar-refractivity contribution < 1.29 is 0 Å². The summed E-state index contributed by atoms with van der Waals surface area (Å²) in [7, 11) is 0. The first-order valence-corrected chi connectivity index (χ1v) is 6.10. The summed E-state index contributed by atoms with van der Waals surface area (Å²) < 4.78 is 0. The summed E-state index contributed by atoms with van der Waals surface area (Å²) in [4.78, 5) is 0. The van der Waals surface area contributed by atoms with E-state index in [0.717, 1.165) is 12.3 Å². The minimum absolute atomic E-state index is 0.217. The zero-order valence-corrected chi connectivity index (χ0v) is 10.5.